The number of nitrogens with one attached hydrogen (secondary N) is 1. The van der Waals surface area contributed by atoms with E-state index in [9.17, 15) is 14.7 Å². The average Bonchev–Trinajstić information content (AvgIpc) is 2.75. The summed E-state index contributed by atoms with van der Waals surface area (Å²) in [4.78, 5) is 21.9. The first kappa shape index (κ1) is 12.0. The SMILES string of the molecule is CC(C)(C)OC(=O)NCC(O)C1CC1=O. The van der Waals surface area contributed by atoms with Crippen molar-refractivity contribution in [1.29, 1.82) is 0 Å². The number of hydrogen-bond donors (Lipinski definition) is 2. The highest BCUT2D eigenvalue weighted by Crippen LogP contribution is 2.27. The zero-order valence-electron chi connectivity index (χ0n) is 9.24. The van der Waals surface area contributed by atoms with Crippen LogP contribution >= 0.6 is 0 Å². The van der Waals surface area contributed by atoms with Gasteiger partial charge >= 0.3 is 6.09 Å². The van der Waals surface area contributed by atoms with Crippen molar-refractivity contribution in [3.63, 3.8) is 0 Å². The molecule has 0 aliphatic heterocycles. The normalized spacial score (nSPS) is 22.1. The van der Waals surface area contributed by atoms with Crippen LogP contribution < -0.4 is 5.32 Å². The van der Waals surface area contributed by atoms with Gasteiger partial charge in [0.05, 0.1) is 12.0 Å². The maximum absolute atomic E-state index is 11.2. The van der Waals surface area contributed by atoms with Crippen LogP contribution in [0.4, 0.5) is 4.79 Å². The van der Waals surface area contributed by atoms with Crippen LogP contribution in [0.3, 0.4) is 0 Å². The first-order valence-electron chi connectivity index (χ1n) is 4.97. The van der Waals surface area contributed by atoms with E-state index in [1.807, 2.05) is 0 Å². The van der Waals surface area contributed by atoms with Crippen molar-refractivity contribution in [2.45, 2.75) is 38.9 Å². The van der Waals surface area contributed by atoms with Crippen LogP contribution in [-0.4, -0.2) is 35.2 Å². The average molecular weight is 215 g/mol. The number of carbonyl (C=O) groups is 2. The summed E-state index contributed by atoms with van der Waals surface area (Å²) < 4.78 is 4.97. The Morgan fingerprint density at radius 2 is 2.20 bits per heavy atom. The van der Waals surface area contributed by atoms with Gasteiger partial charge in [-0.3, -0.25) is 4.79 Å². The van der Waals surface area contributed by atoms with E-state index in [-0.39, 0.29) is 18.2 Å². The van der Waals surface area contributed by atoms with E-state index in [0.29, 0.717) is 6.42 Å². The zero-order chi connectivity index (χ0) is 11.6. The standard InChI is InChI=1S/C10H17NO4/c1-10(2,3)15-9(14)11-5-8(13)6-4-7(6)12/h6,8,13H,4-5H2,1-3H3,(H,11,14). The monoisotopic (exact) mass is 215 g/mol. The predicted molar refractivity (Wildman–Crippen MR) is 53.4 cm³/mol. The van der Waals surface area contributed by atoms with Gasteiger partial charge in [-0.25, -0.2) is 4.79 Å². The maximum atomic E-state index is 11.2. The minimum atomic E-state index is -0.787. The first-order chi connectivity index (χ1) is 6.79. The molecule has 2 N–H and O–H groups in total. The molecule has 2 unspecified atom stereocenters. The fraction of sp³-hybridized carbons (Fsp3) is 0.800. The molecule has 1 aliphatic rings. The smallest absolute Gasteiger partial charge is 0.407 e. The summed E-state index contributed by atoms with van der Waals surface area (Å²) in [6, 6.07) is 0. The molecule has 86 valence electrons. The predicted octanol–water partition coefficient (Wildman–Crippen LogP) is 0.461. The Morgan fingerprint density at radius 3 is 2.60 bits per heavy atom. The van der Waals surface area contributed by atoms with Crippen LogP contribution in [0.2, 0.25) is 0 Å². The minimum absolute atomic E-state index is 0.0495. The van der Waals surface area contributed by atoms with Gasteiger partial charge in [0, 0.05) is 13.0 Å². The van der Waals surface area contributed by atoms with Crippen molar-refractivity contribution in [1.82, 2.24) is 5.32 Å². The number of alkyl carbamates (subject to hydrolysis) is 1. The summed E-state index contributed by atoms with van der Waals surface area (Å²) in [6.07, 6.45) is -0.948. The number of carbonyl (C=O) groups excluding carboxylic acids is 2. The lowest BCUT2D eigenvalue weighted by Gasteiger charge is -2.20. The van der Waals surface area contributed by atoms with Gasteiger partial charge in [-0.05, 0) is 20.8 Å². The molecule has 0 bridgehead atoms. The Morgan fingerprint density at radius 1 is 1.67 bits per heavy atom. The first-order valence-corrected chi connectivity index (χ1v) is 4.97. The highest BCUT2D eigenvalue weighted by atomic mass is 16.6. The third kappa shape index (κ3) is 4.29. The molecule has 2 atom stereocenters. The van der Waals surface area contributed by atoms with Crippen molar-refractivity contribution < 1.29 is 19.4 Å². The van der Waals surface area contributed by atoms with Crippen molar-refractivity contribution in [2.75, 3.05) is 6.54 Å². The highest BCUT2D eigenvalue weighted by molar-refractivity contribution is 5.96. The topological polar surface area (TPSA) is 75.6 Å². The molecule has 0 spiro atoms. The molecule has 0 aromatic heterocycles. The molecule has 0 radical (unpaired) electrons. The van der Waals surface area contributed by atoms with Crippen LogP contribution in [0.25, 0.3) is 0 Å². The third-order valence-electron chi connectivity index (χ3n) is 1.99. The molecule has 0 aromatic carbocycles. The lowest BCUT2D eigenvalue weighted by molar-refractivity contribution is -0.112. The molecule has 1 saturated carbocycles. The van der Waals surface area contributed by atoms with E-state index in [1.165, 1.54) is 0 Å². The van der Waals surface area contributed by atoms with Gasteiger partial charge in [0.2, 0.25) is 0 Å². The minimum Gasteiger partial charge on any atom is -0.444 e. The molecular formula is C10H17NO4. The number of ether oxygens (including phenoxy) is 1. The Bertz CT molecular complexity index is 269. The van der Waals surface area contributed by atoms with Gasteiger partial charge in [0.25, 0.3) is 0 Å². The van der Waals surface area contributed by atoms with Gasteiger partial charge in [-0.1, -0.05) is 0 Å². The lowest BCUT2D eigenvalue weighted by atomic mass is 10.2. The number of rotatable bonds is 3. The molecule has 5 nitrogen and oxygen atoms in total. The number of aliphatic hydroxyl groups is 1. The summed E-state index contributed by atoms with van der Waals surface area (Å²) in [5.74, 6) is -0.242. The zero-order valence-corrected chi connectivity index (χ0v) is 9.24. The van der Waals surface area contributed by atoms with Gasteiger partial charge in [0.1, 0.15) is 11.4 Å². The van der Waals surface area contributed by atoms with Gasteiger partial charge < -0.3 is 15.2 Å². The molecule has 0 saturated heterocycles. The van der Waals surface area contributed by atoms with Crippen molar-refractivity contribution in [3.05, 3.63) is 0 Å². The summed E-state index contributed by atoms with van der Waals surface area (Å²) in [5.41, 5.74) is -0.551. The Balaban J connectivity index is 2.19. The van der Waals surface area contributed by atoms with E-state index >= 15 is 0 Å². The van der Waals surface area contributed by atoms with E-state index in [1.54, 1.807) is 20.8 Å². The summed E-state index contributed by atoms with van der Waals surface area (Å²) in [6.45, 7) is 5.33. The van der Waals surface area contributed by atoms with Crippen LogP contribution in [-0.2, 0) is 9.53 Å². The molecule has 1 rings (SSSR count). The highest BCUT2D eigenvalue weighted by Gasteiger charge is 2.40. The van der Waals surface area contributed by atoms with E-state index < -0.39 is 17.8 Å². The molecular weight excluding hydrogens is 198 g/mol. The quantitative estimate of drug-likeness (QED) is 0.717. The summed E-state index contributed by atoms with van der Waals surface area (Å²) in [7, 11) is 0. The van der Waals surface area contributed by atoms with Gasteiger partial charge in [-0.2, -0.15) is 0 Å². The second kappa shape index (κ2) is 4.18. The molecule has 1 aliphatic carbocycles. The lowest BCUT2D eigenvalue weighted by Crippen LogP contribution is -2.37. The van der Waals surface area contributed by atoms with Crippen LogP contribution in [0, 0.1) is 5.92 Å². The maximum Gasteiger partial charge on any atom is 0.407 e. The van der Waals surface area contributed by atoms with Crippen molar-refractivity contribution in [2.24, 2.45) is 5.92 Å². The Kier molecular flexibility index (Phi) is 3.34. The van der Waals surface area contributed by atoms with Crippen molar-refractivity contribution in [3.8, 4) is 0 Å². The second-order valence-corrected chi connectivity index (χ2v) is 4.73. The summed E-state index contributed by atoms with van der Waals surface area (Å²) in [5, 5.41) is 11.8. The molecule has 1 amide bonds. The number of aliphatic hydroxyl groups excluding tert-OH is 1. The van der Waals surface area contributed by atoms with E-state index in [4.69, 9.17) is 4.74 Å². The molecule has 0 aromatic rings. The number of ketones is 1. The largest absolute Gasteiger partial charge is 0.444 e. The third-order valence-corrected chi connectivity index (χ3v) is 1.99. The van der Waals surface area contributed by atoms with Crippen molar-refractivity contribution >= 4 is 11.9 Å². The second-order valence-electron chi connectivity index (χ2n) is 4.73. The van der Waals surface area contributed by atoms with Crippen LogP contribution in [0.5, 0.6) is 0 Å². The molecule has 1 fully saturated rings. The fourth-order valence-corrected chi connectivity index (χ4v) is 1.15. The molecule has 15 heavy (non-hydrogen) atoms. The van der Waals surface area contributed by atoms with Crippen LogP contribution in [0.1, 0.15) is 27.2 Å². The summed E-state index contributed by atoms with van der Waals surface area (Å²) >= 11 is 0. The Hall–Kier alpha value is -1.10. The van der Waals surface area contributed by atoms with Crippen LogP contribution in [0.15, 0.2) is 0 Å². The number of hydrogen-bond acceptors (Lipinski definition) is 4. The fourth-order valence-electron chi connectivity index (χ4n) is 1.15. The Labute approximate surface area is 88.8 Å². The van der Waals surface area contributed by atoms with Gasteiger partial charge in [0.15, 0.2) is 0 Å². The number of Topliss-reactive ketones (excluding diaryl/α,β-unsaturated/α-hetero) is 1. The van der Waals surface area contributed by atoms with Gasteiger partial charge in [-0.15, -0.1) is 0 Å². The van der Waals surface area contributed by atoms with E-state index in [0.717, 1.165) is 0 Å². The van der Waals surface area contributed by atoms with E-state index in [2.05, 4.69) is 5.32 Å². The number of amides is 1. The molecule has 5 heteroatoms. The molecule has 0 heterocycles.